The van der Waals surface area contributed by atoms with E-state index in [1.165, 1.54) is 34.6 Å². The lowest BCUT2D eigenvalue weighted by molar-refractivity contribution is -0.109. The molecule has 128 valence electrons. The Hall–Kier alpha value is -1.69. The summed E-state index contributed by atoms with van der Waals surface area (Å²) in [6, 6.07) is 14.7. The molecule has 0 aliphatic heterocycles. The Labute approximate surface area is 152 Å². The molecular formula is C18H22ClN3OS. The Balaban J connectivity index is 0.000000471. The number of carbonyl (C=O) groups excluding carboxylic acids is 1. The first-order valence-electron chi connectivity index (χ1n) is 7.77. The van der Waals surface area contributed by atoms with Crippen LogP contribution < -0.4 is 16.6 Å². The van der Waals surface area contributed by atoms with Crippen molar-refractivity contribution in [3.63, 3.8) is 0 Å². The van der Waals surface area contributed by atoms with Crippen LogP contribution in [0.1, 0.15) is 29.9 Å². The molecule has 2 aromatic rings. The average molecular weight is 364 g/mol. The average Bonchev–Trinajstić information content (AvgIpc) is 3.46. The van der Waals surface area contributed by atoms with E-state index in [1.807, 2.05) is 37.0 Å². The van der Waals surface area contributed by atoms with Crippen LogP contribution in [0.25, 0.3) is 0 Å². The van der Waals surface area contributed by atoms with E-state index in [1.54, 1.807) is 5.43 Å². The van der Waals surface area contributed by atoms with Crippen LogP contribution >= 0.6 is 23.4 Å². The topological polar surface area (TPSA) is 67.2 Å². The highest BCUT2D eigenvalue weighted by molar-refractivity contribution is 7.98. The summed E-state index contributed by atoms with van der Waals surface area (Å²) in [7, 11) is 1.99. The van der Waals surface area contributed by atoms with E-state index in [0.29, 0.717) is 6.41 Å². The molecular weight excluding hydrogens is 342 g/mol. The van der Waals surface area contributed by atoms with E-state index in [9.17, 15) is 0 Å². The summed E-state index contributed by atoms with van der Waals surface area (Å²) < 4.78 is 0. The van der Waals surface area contributed by atoms with Gasteiger partial charge in [0.25, 0.3) is 0 Å². The van der Waals surface area contributed by atoms with Crippen molar-refractivity contribution in [2.75, 3.05) is 12.4 Å². The van der Waals surface area contributed by atoms with E-state index in [4.69, 9.17) is 16.4 Å². The smallest absolute Gasteiger partial charge is 0.221 e. The van der Waals surface area contributed by atoms with Gasteiger partial charge in [0, 0.05) is 28.4 Å². The van der Waals surface area contributed by atoms with Gasteiger partial charge in [-0.15, -0.1) is 11.8 Å². The minimum Gasteiger partial charge on any atom is -0.387 e. The molecule has 24 heavy (non-hydrogen) atoms. The fourth-order valence-electron chi connectivity index (χ4n) is 2.39. The lowest BCUT2D eigenvalue weighted by Gasteiger charge is -2.14. The predicted octanol–water partition coefficient (Wildman–Crippen LogP) is 4.16. The summed E-state index contributed by atoms with van der Waals surface area (Å²) in [6.07, 6.45) is 3.06. The van der Waals surface area contributed by atoms with Gasteiger partial charge in [0.2, 0.25) is 6.41 Å². The van der Waals surface area contributed by atoms with Crippen molar-refractivity contribution in [1.82, 2.24) is 5.43 Å². The fourth-order valence-corrected chi connectivity index (χ4v) is 3.95. The second-order valence-corrected chi connectivity index (χ2v) is 6.81. The molecule has 0 saturated heterocycles. The third kappa shape index (κ3) is 5.16. The third-order valence-corrected chi connectivity index (χ3v) is 5.30. The van der Waals surface area contributed by atoms with Crippen molar-refractivity contribution in [2.24, 2.45) is 5.84 Å². The zero-order valence-corrected chi connectivity index (χ0v) is 15.2. The molecule has 2 aromatic carbocycles. The largest absolute Gasteiger partial charge is 0.387 e. The second-order valence-electron chi connectivity index (χ2n) is 5.41. The number of benzene rings is 2. The molecule has 4 nitrogen and oxygen atoms in total. The highest BCUT2D eigenvalue weighted by atomic mass is 35.5. The summed E-state index contributed by atoms with van der Waals surface area (Å²) in [5.41, 5.74) is 5.67. The second kappa shape index (κ2) is 9.57. The fraction of sp³-hybridized carbons (Fsp3) is 0.278. The minimum absolute atomic E-state index is 0.403. The van der Waals surface area contributed by atoms with E-state index in [0.717, 1.165) is 16.7 Å². The normalized spacial score (nSPS) is 12.8. The molecule has 1 amide bonds. The molecule has 6 heteroatoms. The molecule has 0 unspecified atom stereocenters. The van der Waals surface area contributed by atoms with Crippen molar-refractivity contribution in [3.8, 4) is 0 Å². The van der Waals surface area contributed by atoms with Crippen LogP contribution in [0.2, 0.25) is 5.02 Å². The number of hydrogen-bond acceptors (Lipinski definition) is 4. The zero-order chi connectivity index (χ0) is 17.4. The molecule has 0 spiro atoms. The van der Waals surface area contributed by atoms with Crippen LogP contribution in [-0.4, -0.2) is 13.5 Å². The van der Waals surface area contributed by atoms with Gasteiger partial charge < -0.3 is 5.32 Å². The Morgan fingerprint density at radius 3 is 2.54 bits per heavy atom. The van der Waals surface area contributed by atoms with Gasteiger partial charge in [-0.2, -0.15) is 0 Å². The number of nitrogens with one attached hydrogen (secondary N) is 2. The number of halogens is 1. The maximum Gasteiger partial charge on any atom is 0.221 e. The number of carbonyl (C=O) groups is 1. The van der Waals surface area contributed by atoms with E-state index < -0.39 is 0 Å². The molecule has 1 aliphatic rings. The minimum atomic E-state index is 0.403. The van der Waals surface area contributed by atoms with Crippen LogP contribution in [0, 0.1) is 0 Å². The molecule has 0 aromatic heterocycles. The van der Waals surface area contributed by atoms with Gasteiger partial charge >= 0.3 is 0 Å². The van der Waals surface area contributed by atoms with Gasteiger partial charge in [0.1, 0.15) is 0 Å². The number of thioether (sulfide) groups is 1. The van der Waals surface area contributed by atoms with E-state index >= 15 is 0 Å². The molecule has 0 atom stereocenters. The summed E-state index contributed by atoms with van der Waals surface area (Å²) in [5, 5.41) is 4.17. The number of hydrazine groups is 1. The van der Waals surface area contributed by atoms with Gasteiger partial charge in [-0.05, 0) is 42.0 Å². The summed E-state index contributed by atoms with van der Waals surface area (Å²) in [6.45, 7) is 0. The van der Waals surface area contributed by atoms with Gasteiger partial charge in [-0.3, -0.25) is 10.2 Å². The number of hydrogen-bond donors (Lipinski definition) is 3. The van der Waals surface area contributed by atoms with Gasteiger partial charge in [-0.25, -0.2) is 5.84 Å². The quantitative estimate of drug-likeness (QED) is 0.237. The van der Waals surface area contributed by atoms with Crippen molar-refractivity contribution in [2.45, 2.75) is 29.4 Å². The van der Waals surface area contributed by atoms with Crippen LogP contribution in [0.5, 0.6) is 0 Å². The molecule has 4 N–H and O–H groups in total. The first-order valence-corrected chi connectivity index (χ1v) is 9.14. The van der Waals surface area contributed by atoms with Crippen LogP contribution in [0.3, 0.4) is 0 Å². The predicted molar refractivity (Wildman–Crippen MR) is 102 cm³/mol. The maximum atomic E-state index is 8.94. The van der Waals surface area contributed by atoms with Crippen LogP contribution in [-0.2, 0) is 10.5 Å². The van der Waals surface area contributed by atoms with Gasteiger partial charge in [-0.1, -0.05) is 41.9 Å². The Kier molecular flexibility index (Phi) is 7.43. The standard InChI is InChI=1S/C17H18ClNS.CH4N2O/c1-19-16-8-4-6-14(12-9-10-12)17(16)20-11-13-5-2-3-7-15(13)18;2-3-1-4/h2-8,12,19H,9-11H2,1H3;1H,2H2,(H,3,4). The molecule has 0 radical (unpaired) electrons. The van der Waals surface area contributed by atoms with Crippen molar-refractivity contribution >= 4 is 35.5 Å². The Morgan fingerprint density at radius 1 is 1.25 bits per heavy atom. The first kappa shape index (κ1) is 18.6. The molecule has 1 aliphatic carbocycles. The van der Waals surface area contributed by atoms with Gasteiger partial charge in [0.15, 0.2) is 0 Å². The molecule has 0 heterocycles. The van der Waals surface area contributed by atoms with Crippen molar-refractivity contribution < 1.29 is 4.79 Å². The zero-order valence-electron chi connectivity index (χ0n) is 13.6. The van der Waals surface area contributed by atoms with Gasteiger partial charge in [0.05, 0.1) is 0 Å². The highest BCUT2D eigenvalue weighted by Crippen LogP contribution is 2.47. The molecule has 1 fully saturated rings. The van der Waals surface area contributed by atoms with E-state index in [-0.39, 0.29) is 0 Å². The Morgan fingerprint density at radius 2 is 1.96 bits per heavy atom. The maximum absolute atomic E-state index is 8.94. The van der Waals surface area contributed by atoms with Crippen molar-refractivity contribution in [3.05, 3.63) is 58.6 Å². The lowest BCUT2D eigenvalue weighted by Crippen LogP contribution is -2.18. The summed E-state index contributed by atoms with van der Waals surface area (Å²) in [4.78, 5) is 10.3. The van der Waals surface area contributed by atoms with E-state index in [2.05, 4.69) is 35.4 Å². The number of nitrogens with two attached hydrogens (primary N) is 1. The monoisotopic (exact) mass is 363 g/mol. The van der Waals surface area contributed by atoms with Crippen molar-refractivity contribution in [1.29, 1.82) is 0 Å². The number of anilines is 1. The summed E-state index contributed by atoms with van der Waals surface area (Å²) in [5.74, 6) is 6.09. The molecule has 1 saturated carbocycles. The Bertz CT molecular complexity index is 677. The van der Waals surface area contributed by atoms with Crippen LogP contribution in [0.4, 0.5) is 5.69 Å². The first-order chi connectivity index (χ1) is 11.7. The SMILES string of the molecule is CNc1cccc(C2CC2)c1SCc1ccccc1Cl.NNC=O. The van der Waals surface area contributed by atoms with Crippen LogP contribution in [0.15, 0.2) is 47.4 Å². The summed E-state index contributed by atoms with van der Waals surface area (Å²) >= 11 is 8.14. The number of rotatable bonds is 6. The lowest BCUT2D eigenvalue weighted by atomic mass is 10.1. The third-order valence-electron chi connectivity index (χ3n) is 3.73. The highest BCUT2D eigenvalue weighted by Gasteiger charge is 2.27. The molecule has 0 bridgehead atoms. The number of amides is 1. The molecule has 3 rings (SSSR count).